The third-order valence-corrected chi connectivity index (χ3v) is 5.86. The molecule has 0 bridgehead atoms. The lowest BCUT2D eigenvalue weighted by Crippen LogP contribution is -2.28. The molecule has 7 heteroatoms. The summed E-state index contributed by atoms with van der Waals surface area (Å²) in [6.45, 7) is 3.34. The van der Waals surface area contributed by atoms with Crippen LogP contribution in [0.4, 0.5) is 0 Å². The number of unbranched alkanes of at least 4 members (excludes halogenated alkanes) is 1. The maximum absolute atomic E-state index is 12.7. The van der Waals surface area contributed by atoms with Gasteiger partial charge in [0.25, 0.3) is 5.91 Å². The van der Waals surface area contributed by atoms with Crippen molar-refractivity contribution >= 4 is 28.5 Å². The van der Waals surface area contributed by atoms with E-state index in [9.17, 15) is 4.79 Å². The lowest BCUT2D eigenvalue weighted by atomic mass is 10.2. The molecule has 3 aromatic carbocycles. The number of carbonyl (C=O) groups is 1. The smallest absolute Gasteiger partial charge is 0.251 e. The van der Waals surface area contributed by atoms with Gasteiger partial charge in [-0.1, -0.05) is 29.8 Å². The summed E-state index contributed by atoms with van der Waals surface area (Å²) in [7, 11) is 1.64. The van der Waals surface area contributed by atoms with Gasteiger partial charge in [0, 0.05) is 23.2 Å². The van der Waals surface area contributed by atoms with E-state index in [1.807, 2.05) is 49.4 Å². The molecule has 0 saturated carbocycles. The average Bonchev–Trinajstić information content (AvgIpc) is 3.23. The van der Waals surface area contributed by atoms with Crippen molar-refractivity contribution in [2.24, 2.45) is 0 Å². The van der Waals surface area contributed by atoms with Crippen molar-refractivity contribution in [3.63, 3.8) is 0 Å². The monoisotopic (exact) mass is 477 g/mol. The van der Waals surface area contributed by atoms with E-state index in [2.05, 4.69) is 16.0 Å². The normalized spacial score (nSPS) is 11.9. The lowest BCUT2D eigenvalue weighted by Gasteiger charge is -2.17. The minimum atomic E-state index is -0.261. The van der Waals surface area contributed by atoms with Crippen molar-refractivity contribution in [2.45, 2.75) is 32.4 Å². The van der Waals surface area contributed by atoms with Gasteiger partial charge in [0.15, 0.2) is 0 Å². The quantitative estimate of drug-likeness (QED) is 0.282. The van der Waals surface area contributed by atoms with E-state index in [1.54, 1.807) is 31.4 Å². The fourth-order valence-electron chi connectivity index (χ4n) is 3.86. The van der Waals surface area contributed by atoms with Gasteiger partial charge in [-0.25, -0.2) is 4.98 Å². The highest BCUT2D eigenvalue weighted by Crippen LogP contribution is 2.23. The summed E-state index contributed by atoms with van der Waals surface area (Å²) in [5.74, 6) is 2.25. The van der Waals surface area contributed by atoms with Gasteiger partial charge in [0.2, 0.25) is 0 Å². The first-order chi connectivity index (χ1) is 16.5. The second-order valence-electron chi connectivity index (χ2n) is 8.05. The Balaban J connectivity index is 1.41. The van der Waals surface area contributed by atoms with E-state index < -0.39 is 0 Å². The Morgan fingerprint density at radius 1 is 1.03 bits per heavy atom. The SMILES string of the molecule is COc1cccc(OCCCCn2c(C(C)NC(=O)c3ccc(Cl)cc3)nc3ccccc32)c1. The number of para-hydroxylation sites is 2. The Hall–Kier alpha value is -3.51. The van der Waals surface area contributed by atoms with Crippen molar-refractivity contribution in [3.8, 4) is 11.5 Å². The molecule has 0 spiro atoms. The largest absolute Gasteiger partial charge is 0.497 e. The second-order valence-corrected chi connectivity index (χ2v) is 8.48. The molecule has 0 aliphatic carbocycles. The van der Waals surface area contributed by atoms with Crippen LogP contribution in [0.2, 0.25) is 5.02 Å². The van der Waals surface area contributed by atoms with Crippen LogP contribution in [0.5, 0.6) is 11.5 Å². The Bertz CT molecular complexity index is 1250. The summed E-state index contributed by atoms with van der Waals surface area (Å²) in [6, 6.07) is 22.3. The first kappa shape index (κ1) is 23.6. The molecule has 1 aromatic heterocycles. The molecule has 176 valence electrons. The predicted octanol–water partition coefficient (Wildman–Crippen LogP) is 6.05. The van der Waals surface area contributed by atoms with Crippen LogP contribution in [-0.2, 0) is 6.54 Å². The number of rotatable bonds is 10. The minimum absolute atomic E-state index is 0.158. The van der Waals surface area contributed by atoms with E-state index in [1.165, 1.54) is 0 Å². The van der Waals surface area contributed by atoms with Crippen molar-refractivity contribution in [2.75, 3.05) is 13.7 Å². The molecule has 4 rings (SSSR count). The van der Waals surface area contributed by atoms with Crippen molar-refractivity contribution in [1.82, 2.24) is 14.9 Å². The van der Waals surface area contributed by atoms with E-state index >= 15 is 0 Å². The Labute approximate surface area is 204 Å². The summed E-state index contributed by atoms with van der Waals surface area (Å²) < 4.78 is 13.3. The molecule has 0 saturated heterocycles. The molecule has 1 N–H and O–H groups in total. The Kier molecular flexibility index (Phi) is 7.70. The van der Waals surface area contributed by atoms with E-state index in [-0.39, 0.29) is 11.9 Å². The molecule has 1 amide bonds. The fourth-order valence-corrected chi connectivity index (χ4v) is 3.98. The maximum Gasteiger partial charge on any atom is 0.251 e. The molecular formula is C27H28ClN3O3. The number of ether oxygens (including phenoxy) is 2. The number of hydrogen-bond acceptors (Lipinski definition) is 4. The number of aromatic nitrogens is 2. The standard InChI is InChI=1S/C27H28ClN3O3/c1-19(29-27(32)20-12-14-21(28)15-13-20)26-30-24-10-3-4-11-25(24)31(26)16-5-6-17-34-23-9-7-8-22(18-23)33-2/h3-4,7-15,18-19H,5-6,16-17H2,1-2H3,(H,29,32). The van der Waals surface area contributed by atoms with Crippen molar-refractivity contribution in [1.29, 1.82) is 0 Å². The van der Waals surface area contributed by atoms with E-state index in [0.717, 1.165) is 47.7 Å². The van der Waals surface area contributed by atoms with Crippen molar-refractivity contribution in [3.05, 3.63) is 89.2 Å². The zero-order valence-electron chi connectivity index (χ0n) is 19.3. The number of benzene rings is 3. The van der Waals surface area contributed by atoms with Crippen LogP contribution >= 0.6 is 11.6 Å². The molecule has 34 heavy (non-hydrogen) atoms. The van der Waals surface area contributed by atoms with Gasteiger partial charge in [-0.3, -0.25) is 4.79 Å². The third kappa shape index (κ3) is 5.69. The Morgan fingerprint density at radius 2 is 1.79 bits per heavy atom. The molecular weight excluding hydrogens is 450 g/mol. The lowest BCUT2D eigenvalue weighted by molar-refractivity contribution is 0.0937. The van der Waals surface area contributed by atoms with Gasteiger partial charge in [-0.15, -0.1) is 0 Å². The van der Waals surface area contributed by atoms with Gasteiger partial charge < -0.3 is 19.4 Å². The van der Waals surface area contributed by atoms with Crippen LogP contribution in [0.15, 0.2) is 72.8 Å². The molecule has 6 nitrogen and oxygen atoms in total. The molecule has 1 atom stereocenters. The zero-order valence-corrected chi connectivity index (χ0v) is 20.1. The van der Waals surface area contributed by atoms with Gasteiger partial charge in [0.1, 0.15) is 17.3 Å². The first-order valence-electron chi connectivity index (χ1n) is 11.3. The number of nitrogens with one attached hydrogen (secondary N) is 1. The number of fused-ring (bicyclic) bond motifs is 1. The molecule has 0 fully saturated rings. The van der Waals surface area contributed by atoms with Gasteiger partial charge >= 0.3 is 0 Å². The number of halogens is 1. The van der Waals surface area contributed by atoms with Crippen LogP contribution in [0.1, 0.15) is 42.0 Å². The zero-order chi connectivity index (χ0) is 23.9. The molecule has 1 heterocycles. The number of carbonyl (C=O) groups excluding carboxylic acids is 1. The minimum Gasteiger partial charge on any atom is -0.497 e. The van der Waals surface area contributed by atoms with Gasteiger partial charge in [-0.05, 0) is 68.3 Å². The van der Waals surface area contributed by atoms with E-state index in [4.69, 9.17) is 26.1 Å². The van der Waals surface area contributed by atoms with Crippen LogP contribution in [-0.4, -0.2) is 29.2 Å². The number of aryl methyl sites for hydroxylation is 1. The summed E-state index contributed by atoms with van der Waals surface area (Å²) in [4.78, 5) is 17.6. The number of hydrogen-bond donors (Lipinski definition) is 1. The number of amides is 1. The summed E-state index contributed by atoms with van der Waals surface area (Å²) in [5.41, 5.74) is 2.53. The highest BCUT2D eigenvalue weighted by molar-refractivity contribution is 6.30. The van der Waals surface area contributed by atoms with Crippen LogP contribution in [0.3, 0.4) is 0 Å². The molecule has 0 aliphatic heterocycles. The van der Waals surface area contributed by atoms with Crippen LogP contribution in [0, 0.1) is 0 Å². The number of nitrogens with zero attached hydrogens (tertiary/aromatic N) is 2. The summed E-state index contributed by atoms with van der Waals surface area (Å²) in [6.07, 6.45) is 1.80. The summed E-state index contributed by atoms with van der Waals surface area (Å²) >= 11 is 5.94. The molecule has 0 radical (unpaired) electrons. The van der Waals surface area contributed by atoms with Crippen molar-refractivity contribution < 1.29 is 14.3 Å². The third-order valence-electron chi connectivity index (χ3n) is 5.61. The topological polar surface area (TPSA) is 65.4 Å². The highest BCUT2D eigenvalue weighted by Gasteiger charge is 2.19. The van der Waals surface area contributed by atoms with Crippen LogP contribution < -0.4 is 14.8 Å². The van der Waals surface area contributed by atoms with Gasteiger partial charge in [-0.2, -0.15) is 0 Å². The molecule has 0 aliphatic rings. The maximum atomic E-state index is 12.7. The Morgan fingerprint density at radius 3 is 2.59 bits per heavy atom. The summed E-state index contributed by atoms with van der Waals surface area (Å²) in [5, 5.41) is 3.66. The molecule has 1 unspecified atom stereocenters. The number of methoxy groups -OCH3 is 1. The van der Waals surface area contributed by atoms with Crippen LogP contribution in [0.25, 0.3) is 11.0 Å². The number of imidazole rings is 1. The average molecular weight is 478 g/mol. The fraction of sp³-hybridized carbons (Fsp3) is 0.259. The highest BCUT2D eigenvalue weighted by atomic mass is 35.5. The van der Waals surface area contributed by atoms with Gasteiger partial charge in [0.05, 0.1) is 30.8 Å². The predicted molar refractivity (Wildman–Crippen MR) is 135 cm³/mol. The second kappa shape index (κ2) is 11.1. The first-order valence-corrected chi connectivity index (χ1v) is 11.7. The van der Waals surface area contributed by atoms with E-state index in [0.29, 0.717) is 17.2 Å². The molecule has 4 aromatic rings.